The second kappa shape index (κ2) is 7.44. The summed E-state index contributed by atoms with van der Waals surface area (Å²) in [5.41, 5.74) is 0. The highest BCUT2D eigenvalue weighted by Crippen LogP contribution is 2.27. The molecule has 2 aliphatic rings. The molecule has 1 N–H and O–H groups in total. The molecule has 2 unspecified atom stereocenters. The van der Waals surface area contributed by atoms with E-state index in [2.05, 4.69) is 27.7 Å². The Balaban J connectivity index is 1.57. The monoisotopic (exact) mass is 323 g/mol. The first-order chi connectivity index (χ1) is 10.7. The fourth-order valence-electron chi connectivity index (χ4n) is 3.24. The van der Waals surface area contributed by atoms with Crippen molar-refractivity contribution in [1.29, 1.82) is 0 Å². The molecule has 6 heteroatoms. The van der Waals surface area contributed by atoms with Crippen molar-refractivity contribution in [2.75, 3.05) is 39.3 Å². The van der Waals surface area contributed by atoms with E-state index in [0.717, 1.165) is 13.1 Å². The van der Waals surface area contributed by atoms with Gasteiger partial charge in [0.15, 0.2) is 0 Å². The molecule has 0 radical (unpaired) electrons. The Hall–Kier alpha value is -1.11. The summed E-state index contributed by atoms with van der Waals surface area (Å²) in [6.45, 7) is 6.96. The van der Waals surface area contributed by atoms with Gasteiger partial charge >= 0.3 is 6.03 Å². The van der Waals surface area contributed by atoms with Crippen LogP contribution in [0.2, 0.25) is 0 Å². The largest absolute Gasteiger partial charge is 0.375 e. The Kier molecular flexibility index (Phi) is 5.33. The van der Waals surface area contributed by atoms with Crippen molar-refractivity contribution < 1.29 is 9.53 Å². The SMILES string of the molecule is CC1CN(C(=O)NCC(c2cccs2)N2CCCC2)CCO1. The van der Waals surface area contributed by atoms with Gasteiger partial charge in [-0.05, 0) is 44.3 Å². The van der Waals surface area contributed by atoms with E-state index in [1.54, 1.807) is 11.3 Å². The first-order valence-electron chi connectivity index (χ1n) is 8.16. The molecule has 5 nitrogen and oxygen atoms in total. The van der Waals surface area contributed by atoms with Crippen molar-refractivity contribution in [1.82, 2.24) is 15.1 Å². The molecule has 3 heterocycles. The molecule has 0 bridgehead atoms. The van der Waals surface area contributed by atoms with Gasteiger partial charge < -0.3 is 15.0 Å². The number of hydrogen-bond acceptors (Lipinski definition) is 4. The van der Waals surface area contributed by atoms with Crippen LogP contribution in [0, 0.1) is 0 Å². The Morgan fingerprint density at radius 3 is 2.95 bits per heavy atom. The van der Waals surface area contributed by atoms with Gasteiger partial charge in [-0.15, -0.1) is 11.3 Å². The van der Waals surface area contributed by atoms with Gasteiger partial charge in [-0.1, -0.05) is 6.07 Å². The van der Waals surface area contributed by atoms with Crippen molar-refractivity contribution >= 4 is 17.4 Å². The number of nitrogens with one attached hydrogen (secondary N) is 1. The first kappa shape index (κ1) is 15.8. The van der Waals surface area contributed by atoms with Gasteiger partial charge in [-0.3, -0.25) is 4.90 Å². The summed E-state index contributed by atoms with van der Waals surface area (Å²) in [7, 11) is 0. The third-order valence-corrected chi connectivity index (χ3v) is 5.40. The van der Waals surface area contributed by atoms with E-state index in [4.69, 9.17) is 4.74 Å². The molecule has 0 saturated carbocycles. The minimum Gasteiger partial charge on any atom is -0.375 e. The van der Waals surface area contributed by atoms with Crippen LogP contribution in [-0.4, -0.2) is 61.3 Å². The van der Waals surface area contributed by atoms with Crippen molar-refractivity contribution in [2.45, 2.75) is 31.9 Å². The highest BCUT2D eigenvalue weighted by molar-refractivity contribution is 7.10. The molecule has 22 heavy (non-hydrogen) atoms. The molecule has 0 spiro atoms. The molecule has 122 valence electrons. The van der Waals surface area contributed by atoms with Gasteiger partial charge in [-0.25, -0.2) is 4.79 Å². The second-order valence-electron chi connectivity index (χ2n) is 6.09. The fourth-order valence-corrected chi connectivity index (χ4v) is 4.10. The molecule has 2 saturated heterocycles. The van der Waals surface area contributed by atoms with Crippen molar-refractivity contribution in [3.8, 4) is 0 Å². The van der Waals surface area contributed by atoms with Gasteiger partial charge in [0.05, 0.1) is 18.8 Å². The van der Waals surface area contributed by atoms with Crippen LogP contribution in [0.15, 0.2) is 17.5 Å². The summed E-state index contributed by atoms with van der Waals surface area (Å²) in [4.78, 5) is 18.1. The number of urea groups is 1. The van der Waals surface area contributed by atoms with Crippen LogP contribution in [0.4, 0.5) is 4.79 Å². The highest BCUT2D eigenvalue weighted by Gasteiger charge is 2.26. The molecule has 0 aromatic carbocycles. The second-order valence-corrected chi connectivity index (χ2v) is 7.07. The number of ether oxygens (including phenoxy) is 1. The lowest BCUT2D eigenvalue weighted by molar-refractivity contribution is -0.00366. The standard InChI is InChI=1S/C16H25N3O2S/c1-13-12-19(8-9-21-13)16(20)17-11-14(15-5-4-10-22-15)18-6-2-3-7-18/h4-5,10,13-14H,2-3,6-9,11-12H2,1H3,(H,17,20). The number of amides is 2. The number of likely N-dealkylation sites (tertiary alicyclic amines) is 1. The minimum absolute atomic E-state index is 0.0379. The lowest BCUT2D eigenvalue weighted by atomic mass is 10.2. The number of carbonyl (C=O) groups excluding carboxylic acids is 1. The maximum atomic E-state index is 12.4. The predicted molar refractivity (Wildman–Crippen MR) is 88.3 cm³/mol. The zero-order valence-corrected chi connectivity index (χ0v) is 14.0. The van der Waals surface area contributed by atoms with Crippen LogP contribution < -0.4 is 5.32 Å². The quantitative estimate of drug-likeness (QED) is 0.925. The molecule has 2 aliphatic heterocycles. The lowest BCUT2D eigenvalue weighted by Gasteiger charge is -2.32. The third kappa shape index (κ3) is 3.80. The average Bonchev–Trinajstić information content (AvgIpc) is 3.21. The van der Waals surface area contributed by atoms with E-state index in [-0.39, 0.29) is 12.1 Å². The van der Waals surface area contributed by atoms with Crippen LogP contribution in [0.5, 0.6) is 0 Å². The Morgan fingerprint density at radius 1 is 1.45 bits per heavy atom. The topological polar surface area (TPSA) is 44.8 Å². The Bertz CT molecular complexity index is 474. The van der Waals surface area contributed by atoms with Crippen LogP contribution in [0.25, 0.3) is 0 Å². The fraction of sp³-hybridized carbons (Fsp3) is 0.688. The number of hydrogen-bond donors (Lipinski definition) is 1. The smallest absolute Gasteiger partial charge is 0.317 e. The van der Waals surface area contributed by atoms with E-state index >= 15 is 0 Å². The molecule has 0 aliphatic carbocycles. The van der Waals surface area contributed by atoms with Gasteiger partial charge in [0.2, 0.25) is 0 Å². The van der Waals surface area contributed by atoms with Crippen LogP contribution in [0.3, 0.4) is 0 Å². The summed E-state index contributed by atoms with van der Waals surface area (Å²) >= 11 is 1.78. The molecular formula is C16H25N3O2S. The van der Waals surface area contributed by atoms with Crippen molar-refractivity contribution in [3.05, 3.63) is 22.4 Å². The molecule has 1 aromatic heterocycles. The number of morpholine rings is 1. The molecule has 2 fully saturated rings. The molecular weight excluding hydrogens is 298 g/mol. The van der Waals surface area contributed by atoms with Gasteiger partial charge in [0.25, 0.3) is 0 Å². The summed E-state index contributed by atoms with van der Waals surface area (Å²) in [6, 6.07) is 4.62. The molecule has 3 rings (SSSR count). The van der Waals surface area contributed by atoms with Gasteiger partial charge in [0, 0.05) is 24.5 Å². The third-order valence-electron chi connectivity index (χ3n) is 4.43. The van der Waals surface area contributed by atoms with E-state index in [9.17, 15) is 4.79 Å². The van der Waals surface area contributed by atoms with E-state index in [0.29, 0.717) is 32.3 Å². The summed E-state index contributed by atoms with van der Waals surface area (Å²) < 4.78 is 5.50. The first-order valence-corrected chi connectivity index (χ1v) is 9.04. The Labute approximate surface area is 136 Å². The van der Waals surface area contributed by atoms with Crippen molar-refractivity contribution in [2.24, 2.45) is 0 Å². The van der Waals surface area contributed by atoms with Crippen LogP contribution in [0.1, 0.15) is 30.7 Å². The van der Waals surface area contributed by atoms with Crippen LogP contribution in [-0.2, 0) is 4.74 Å². The number of thiophene rings is 1. The van der Waals surface area contributed by atoms with Crippen molar-refractivity contribution in [3.63, 3.8) is 0 Å². The van der Waals surface area contributed by atoms with E-state index < -0.39 is 0 Å². The number of carbonyl (C=O) groups is 1. The summed E-state index contributed by atoms with van der Waals surface area (Å²) in [6.07, 6.45) is 2.65. The number of rotatable bonds is 4. The normalized spacial score (nSPS) is 24.4. The predicted octanol–water partition coefficient (Wildman–Crippen LogP) is 2.32. The summed E-state index contributed by atoms with van der Waals surface area (Å²) in [5.74, 6) is 0. The number of nitrogens with zero attached hydrogens (tertiary/aromatic N) is 2. The maximum absolute atomic E-state index is 12.4. The van der Waals surface area contributed by atoms with Crippen LogP contribution >= 0.6 is 11.3 Å². The maximum Gasteiger partial charge on any atom is 0.317 e. The highest BCUT2D eigenvalue weighted by atomic mass is 32.1. The average molecular weight is 323 g/mol. The van der Waals surface area contributed by atoms with Gasteiger partial charge in [0.1, 0.15) is 0 Å². The van der Waals surface area contributed by atoms with Gasteiger partial charge in [-0.2, -0.15) is 0 Å². The Morgan fingerprint density at radius 2 is 2.27 bits per heavy atom. The molecule has 2 amide bonds. The molecule has 1 aromatic rings. The minimum atomic E-state index is 0.0379. The zero-order valence-electron chi connectivity index (χ0n) is 13.2. The van der Waals surface area contributed by atoms with E-state index in [1.165, 1.54) is 17.7 Å². The summed E-state index contributed by atoms with van der Waals surface area (Å²) in [5, 5.41) is 5.25. The lowest BCUT2D eigenvalue weighted by Crippen LogP contribution is -2.50. The molecule has 2 atom stereocenters. The van der Waals surface area contributed by atoms with E-state index in [1.807, 2.05) is 11.8 Å². The zero-order chi connectivity index (χ0) is 15.4.